The summed E-state index contributed by atoms with van der Waals surface area (Å²) in [6.07, 6.45) is -7.21. The number of benzene rings is 1. The van der Waals surface area contributed by atoms with E-state index in [1.165, 1.54) is 0 Å². The molecule has 5 nitrogen and oxygen atoms in total. The van der Waals surface area contributed by atoms with Crippen molar-refractivity contribution in [3.8, 4) is 5.75 Å². The summed E-state index contributed by atoms with van der Waals surface area (Å²) in [6, 6.07) is 2.76. The van der Waals surface area contributed by atoms with Crippen LogP contribution in [-0.2, 0) is 4.79 Å². The highest BCUT2D eigenvalue weighted by molar-refractivity contribution is 9.09. The van der Waals surface area contributed by atoms with Crippen LogP contribution in [0.4, 0.5) is 13.2 Å². The summed E-state index contributed by atoms with van der Waals surface area (Å²) in [4.78, 5) is 22.4. The lowest BCUT2D eigenvalue weighted by Crippen LogP contribution is -2.20. The van der Waals surface area contributed by atoms with Crippen LogP contribution in [0.25, 0.3) is 0 Å². The number of ketones is 1. The molecule has 0 fully saturated rings. The second-order valence-electron chi connectivity index (χ2n) is 3.90. The van der Waals surface area contributed by atoms with Crippen LogP contribution in [0.2, 0.25) is 0 Å². The maximum Gasteiger partial charge on any atom is 0.573 e. The van der Waals surface area contributed by atoms with Gasteiger partial charge in [-0.3, -0.25) is 4.79 Å². The van der Waals surface area contributed by atoms with Crippen molar-refractivity contribution >= 4 is 27.7 Å². The third-order valence-corrected chi connectivity index (χ3v) is 2.80. The summed E-state index contributed by atoms with van der Waals surface area (Å²) in [6.45, 7) is 0. The smallest absolute Gasteiger partial charge is 0.479 e. The predicted molar refractivity (Wildman–Crippen MR) is 68.5 cm³/mol. The number of Topliss-reactive ketones (excluding diaryl/α,β-unsaturated/α-hetero) is 1. The monoisotopic (exact) mass is 370 g/mol. The summed E-state index contributed by atoms with van der Waals surface area (Å²) in [5, 5.41) is 18.5. The van der Waals surface area contributed by atoms with Crippen LogP contribution < -0.4 is 4.74 Å². The molecule has 0 heterocycles. The normalized spacial score (nSPS) is 12.8. The number of halogens is 4. The summed E-state index contributed by atoms with van der Waals surface area (Å²) in [7, 11) is 0. The molecule has 0 radical (unpaired) electrons. The lowest BCUT2D eigenvalue weighted by molar-refractivity contribution is -0.275. The van der Waals surface area contributed by atoms with Gasteiger partial charge in [0.15, 0.2) is 11.9 Å². The van der Waals surface area contributed by atoms with Gasteiger partial charge in [-0.15, -0.1) is 13.2 Å². The van der Waals surface area contributed by atoms with Crippen molar-refractivity contribution in [2.24, 2.45) is 0 Å². The maximum absolute atomic E-state index is 12.2. The molecule has 0 amide bonds. The van der Waals surface area contributed by atoms with Crippen LogP contribution in [0, 0.1) is 0 Å². The number of carboxylic acid groups (broad SMARTS) is 1. The van der Waals surface area contributed by atoms with Gasteiger partial charge in [-0.05, 0) is 18.2 Å². The van der Waals surface area contributed by atoms with Gasteiger partial charge in [0.2, 0.25) is 0 Å². The molecule has 1 unspecified atom stereocenters. The number of carbonyl (C=O) groups excluding carboxylic acids is 1. The first-order chi connectivity index (χ1) is 9.65. The van der Waals surface area contributed by atoms with E-state index in [2.05, 4.69) is 20.7 Å². The summed E-state index contributed by atoms with van der Waals surface area (Å²) in [5.74, 6) is -3.04. The van der Waals surface area contributed by atoms with E-state index in [4.69, 9.17) is 5.11 Å². The molecule has 0 spiro atoms. The van der Waals surface area contributed by atoms with Gasteiger partial charge in [0, 0.05) is 22.9 Å². The third-order valence-electron chi connectivity index (χ3n) is 2.41. The number of carbonyl (C=O) groups is 2. The molecule has 1 rings (SSSR count). The van der Waals surface area contributed by atoms with Crippen molar-refractivity contribution in [2.45, 2.75) is 18.9 Å². The van der Waals surface area contributed by atoms with Crippen LogP contribution in [0.5, 0.6) is 5.75 Å². The molecule has 9 heteroatoms. The van der Waals surface area contributed by atoms with Gasteiger partial charge in [-0.2, -0.15) is 0 Å². The number of aliphatic carboxylic acids is 1. The molecular weight excluding hydrogens is 361 g/mol. The quantitative estimate of drug-likeness (QED) is 0.594. The summed E-state index contributed by atoms with van der Waals surface area (Å²) < 4.78 is 40.4. The molecule has 116 valence electrons. The zero-order valence-electron chi connectivity index (χ0n) is 10.4. The minimum atomic E-state index is -5.05. The molecule has 0 aliphatic rings. The zero-order valence-corrected chi connectivity index (χ0v) is 11.9. The van der Waals surface area contributed by atoms with E-state index in [0.29, 0.717) is 5.33 Å². The predicted octanol–water partition coefficient (Wildman–Crippen LogP) is 2.67. The summed E-state index contributed by atoms with van der Waals surface area (Å²) in [5.41, 5.74) is -0.653. The molecule has 0 aliphatic heterocycles. The number of rotatable bonds is 6. The fourth-order valence-corrected chi connectivity index (χ4v) is 1.88. The van der Waals surface area contributed by atoms with E-state index in [9.17, 15) is 27.9 Å². The van der Waals surface area contributed by atoms with Crippen molar-refractivity contribution in [3.05, 3.63) is 29.3 Å². The number of aliphatic hydroxyl groups is 1. The van der Waals surface area contributed by atoms with Gasteiger partial charge in [0.25, 0.3) is 0 Å². The number of ether oxygens (including phenoxy) is 1. The lowest BCUT2D eigenvalue weighted by atomic mass is 10.0. The number of hydrogen-bond donors (Lipinski definition) is 2. The number of carboxylic acids is 1. The second kappa shape index (κ2) is 6.90. The molecule has 21 heavy (non-hydrogen) atoms. The minimum Gasteiger partial charge on any atom is -0.479 e. The number of alkyl halides is 4. The van der Waals surface area contributed by atoms with Crippen molar-refractivity contribution in [1.29, 1.82) is 0 Å². The number of aliphatic hydroxyl groups excluding tert-OH is 1. The van der Waals surface area contributed by atoms with Crippen LogP contribution in [0.15, 0.2) is 18.2 Å². The zero-order chi connectivity index (χ0) is 16.2. The Balaban J connectivity index is 3.26. The van der Waals surface area contributed by atoms with Crippen LogP contribution >= 0.6 is 15.9 Å². The van der Waals surface area contributed by atoms with E-state index in [1.54, 1.807) is 0 Å². The van der Waals surface area contributed by atoms with E-state index < -0.39 is 35.5 Å². The molecule has 0 saturated heterocycles. The maximum atomic E-state index is 12.2. The largest absolute Gasteiger partial charge is 0.573 e. The number of hydrogen-bond acceptors (Lipinski definition) is 4. The SMILES string of the molecule is O=C(CCBr)c1ccc(OC(F)(F)F)c(C(O)C(=O)O)c1. The van der Waals surface area contributed by atoms with Crippen LogP contribution in [0.3, 0.4) is 0 Å². The Kier molecular flexibility index (Phi) is 5.73. The molecule has 2 N–H and O–H groups in total. The molecule has 0 aliphatic carbocycles. The Labute approximate surface area is 125 Å². The van der Waals surface area contributed by atoms with Gasteiger partial charge in [-0.25, -0.2) is 4.79 Å². The first-order valence-electron chi connectivity index (χ1n) is 5.55. The van der Waals surface area contributed by atoms with E-state index >= 15 is 0 Å². The van der Waals surface area contributed by atoms with Gasteiger partial charge in [0.1, 0.15) is 5.75 Å². The lowest BCUT2D eigenvalue weighted by Gasteiger charge is -2.16. The molecule has 1 aromatic rings. The topological polar surface area (TPSA) is 83.8 Å². The second-order valence-corrected chi connectivity index (χ2v) is 4.70. The van der Waals surface area contributed by atoms with Crippen molar-refractivity contribution in [3.63, 3.8) is 0 Å². The molecule has 0 saturated carbocycles. The highest BCUT2D eigenvalue weighted by atomic mass is 79.9. The Morgan fingerprint density at radius 3 is 2.43 bits per heavy atom. The Bertz CT molecular complexity index is 544. The fourth-order valence-electron chi connectivity index (χ4n) is 1.52. The average molecular weight is 371 g/mol. The van der Waals surface area contributed by atoms with Crippen molar-refractivity contribution in [2.75, 3.05) is 5.33 Å². The Morgan fingerprint density at radius 2 is 1.95 bits per heavy atom. The molecule has 0 bridgehead atoms. The van der Waals surface area contributed by atoms with Crippen LogP contribution in [0.1, 0.15) is 28.4 Å². The Morgan fingerprint density at radius 1 is 1.33 bits per heavy atom. The average Bonchev–Trinajstić information content (AvgIpc) is 2.36. The van der Waals surface area contributed by atoms with E-state index in [1.807, 2.05) is 0 Å². The molecule has 0 aromatic heterocycles. The van der Waals surface area contributed by atoms with Gasteiger partial charge in [-0.1, -0.05) is 15.9 Å². The van der Waals surface area contributed by atoms with Gasteiger partial charge < -0.3 is 14.9 Å². The fraction of sp³-hybridized carbons (Fsp3) is 0.333. The van der Waals surface area contributed by atoms with Crippen molar-refractivity contribution < 1.29 is 37.7 Å². The Hall–Kier alpha value is -1.61. The molecular formula is C12H10BrF3O5. The first-order valence-corrected chi connectivity index (χ1v) is 6.67. The third kappa shape index (κ3) is 5.01. The molecule has 1 atom stereocenters. The first kappa shape index (κ1) is 17.4. The summed E-state index contributed by atoms with van der Waals surface area (Å²) >= 11 is 3.03. The van der Waals surface area contributed by atoms with Crippen LogP contribution in [-0.4, -0.2) is 33.7 Å². The standard InChI is InChI=1S/C12H10BrF3O5/c13-4-3-8(17)6-1-2-9(21-12(14,15)16)7(5-6)10(18)11(19)20/h1-2,5,10,18H,3-4H2,(H,19,20). The highest BCUT2D eigenvalue weighted by Crippen LogP contribution is 2.31. The van der Waals surface area contributed by atoms with Gasteiger partial charge in [0.05, 0.1) is 0 Å². The molecule has 1 aromatic carbocycles. The minimum absolute atomic E-state index is 0.0146. The van der Waals surface area contributed by atoms with Crippen molar-refractivity contribution in [1.82, 2.24) is 0 Å². The van der Waals surface area contributed by atoms with E-state index in [0.717, 1.165) is 18.2 Å². The van der Waals surface area contributed by atoms with E-state index in [-0.39, 0.29) is 12.0 Å². The van der Waals surface area contributed by atoms with Gasteiger partial charge >= 0.3 is 12.3 Å². The highest BCUT2D eigenvalue weighted by Gasteiger charge is 2.34.